The summed E-state index contributed by atoms with van der Waals surface area (Å²) in [4.78, 5) is 0. The van der Waals surface area contributed by atoms with Crippen molar-refractivity contribution in [2.45, 2.75) is 52.4 Å². The molecule has 0 bridgehead atoms. The molecule has 1 nitrogen and oxygen atoms in total. The quantitative estimate of drug-likeness (QED) is 0.212. The Morgan fingerprint density at radius 2 is 0.846 bits per heavy atom. The zero-order valence-corrected chi connectivity index (χ0v) is 24.4. The minimum atomic E-state index is 0.133. The number of pyridine rings is 1. The zero-order valence-electron chi connectivity index (χ0n) is 24.4. The molecule has 0 N–H and O–H groups in total. The molecule has 0 saturated carbocycles. The van der Waals surface area contributed by atoms with Gasteiger partial charge in [0.15, 0.2) is 6.20 Å². The highest BCUT2D eigenvalue weighted by Crippen LogP contribution is 2.36. The van der Waals surface area contributed by atoms with Crippen molar-refractivity contribution in [1.82, 2.24) is 0 Å². The van der Waals surface area contributed by atoms with Crippen molar-refractivity contribution in [2.24, 2.45) is 7.05 Å². The highest BCUT2D eigenvalue weighted by Gasteiger charge is 2.16. The molecule has 1 aromatic heterocycles. The molecule has 0 unspecified atom stereocenters. The van der Waals surface area contributed by atoms with Gasteiger partial charge in [0, 0.05) is 17.7 Å². The lowest BCUT2D eigenvalue weighted by Gasteiger charge is -2.20. The van der Waals surface area contributed by atoms with E-state index in [2.05, 4.69) is 169 Å². The van der Waals surface area contributed by atoms with Crippen LogP contribution in [0.15, 0.2) is 115 Å². The summed E-state index contributed by atoms with van der Waals surface area (Å²) in [6, 6.07) is 40.4. The normalized spacial score (nSPS) is 12.0. The van der Waals surface area contributed by atoms with Gasteiger partial charge < -0.3 is 0 Å². The number of benzene rings is 4. The van der Waals surface area contributed by atoms with Crippen LogP contribution >= 0.6 is 0 Å². The van der Waals surface area contributed by atoms with Crippen LogP contribution in [0.4, 0.5) is 0 Å². The van der Waals surface area contributed by atoms with Crippen LogP contribution in [-0.4, -0.2) is 0 Å². The van der Waals surface area contributed by atoms with Crippen molar-refractivity contribution in [3.63, 3.8) is 0 Å². The van der Waals surface area contributed by atoms with Gasteiger partial charge in [-0.05, 0) is 91.7 Å². The van der Waals surface area contributed by atoms with Crippen LogP contribution in [0.5, 0.6) is 0 Å². The van der Waals surface area contributed by atoms with Gasteiger partial charge in [-0.2, -0.15) is 0 Å². The Hall–Kier alpha value is -3.97. The molecule has 4 aromatic carbocycles. The molecule has 0 aliphatic rings. The summed E-state index contributed by atoms with van der Waals surface area (Å²) in [6.45, 7) is 13.6. The predicted molar refractivity (Wildman–Crippen MR) is 167 cm³/mol. The monoisotopic (exact) mass is 510 g/mol. The molecule has 0 spiro atoms. The fourth-order valence-electron chi connectivity index (χ4n) is 5.13. The van der Waals surface area contributed by atoms with Crippen molar-refractivity contribution < 1.29 is 4.57 Å². The van der Waals surface area contributed by atoms with Gasteiger partial charge in [-0.15, -0.1) is 0 Å². The van der Waals surface area contributed by atoms with Crippen LogP contribution in [-0.2, 0) is 17.9 Å². The Kier molecular flexibility index (Phi) is 7.03. The van der Waals surface area contributed by atoms with Crippen molar-refractivity contribution >= 4 is 0 Å². The van der Waals surface area contributed by atoms with Crippen LogP contribution in [0.1, 0.15) is 52.7 Å². The van der Waals surface area contributed by atoms with Gasteiger partial charge in [0.05, 0.1) is 0 Å². The largest absolute Gasteiger partial charge is 0.212 e. The molecule has 0 radical (unpaired) electrons. The highest BCUT2D eigenvalue weighted by molar-refractivity contribution is 5.82. The Labute approximate surface area is 234 Å². The minimum Gasteiger partial charge on any atom is -0.201 e. The van der Waals surface area contributed by atoms with E-state index in [9.17, 15) is 0 Å². The van der Waals surface area contributed by atoms with Crippen LogP contribution in [0, 0.1) is 0 Å². The van der Waals surface area contributed by atoms with E-state index in [0.29, 0.717) is 0 Å². The first kappa shape index (κ1) is 26.6. The Morgan fingerprint density at radius 1 is 0.410 bits per heavy atom. The van der Waals surface area contributed by atoms with Crippen LogP contribution < -0.4 is 4.57 Å². The van der Waals surface area contributed by atoms with Crippen molar-refractivity contribution in [2.75, 3.05) is 0 Å². The molecule has 0 aliphatic carbocycles. The van der Waals surface area contributed by atoms with E-state index in [0.717, 1.165) is 0 Å². The second-order valence-corrected chi connectivity index (χ2v) is 12.7. The molecule has 0 amide bonds. The zero-order chi connectivity index (χ0) is 27.8. The number of hydrogen-bond donors (Lipinski definition) is 0. The lowest BCUT2D eigenvalue weighted by molar-refractivity contribution is -0.660. The molecule has 1 heterocycles. The summed E-state index contributed by atoms with van der Waals surface area (Å²) in [5.74, 6) is 0. The molecule has 1 heteroatoms. The van der Waals surface area contributed by atoms with Crippen molar-refractivity contribution in [3.8, 4) is 44.6 Å². The summed E-state index contributed by atoms with van der Waals surface area (Å²) in [6.07, 6.45) is 2.10. The van der Waals surface area contributed by atoms with E-state index in [1.54, 1.807) is 0 Å². The lowest BCUT2D eigenvalue weighted by atomic mass is 9.85. The second-order valence-electron chi connectivity index (χ2n) is 12.7. The Balaban J connectivity index is 1.64. The SMILES string of the molecule is C[n+]1ccccc1-c1cccc(-c2cc(-c3ccc(C(C)(C)C)cc3)cc(-c3ccc(C(C)(C)C)cc3)c2)c1. The Bertz CT molecular complexity index is 1520. The van der Waals surface area contributed by atoms with Crippen molar-refractivity contribution in [3.05, 3.63) is 127 Å². The maximum atomic E-state index is 2.34. The smallest absolute Gasteiger partial charge is 0.201 e. The fourth-order valence-corrected chi connectivity index (χ4v) is 5.13. The predicted octanol–water partition coefficient (Wildman–Crippen LogP) is 9.77. The average molecular weight is 511 g/mol. The molecule has 5 aromatic rings. The van der Waals surface area contributed by atoms with Crippen LogP contribution in [0.25, 0.3) is 44.6 Å². The molecule has 196 valence electrons. The number of aryl methyl sites for hydroxylation is 1. The number of aromatic nitrogens is 1. The van der Waals surface area contributed by atoms with Gasteiger partial charge in [0.25, 0.3) is 0 Å². The third-order valence-corrected chi connectivity index (χ3v) is 7.65. The molecule has 39 heavy (non-hydrogen) atoms. The summed E-state index contributed by atoms with van der Waals surface area (Å²) in [5.41, 5.74) is 12.8. The number of rotatable bonds is 4. The van der Waals surface area contributed by atoms with Crippen molar-refractivity contribution in [1.29, 1.82) is 0 Å². The van der Waals surface area contributed by atoms with Gasteiger partial charge in [0.1, 0.15) is 7.05 Å². The summed E-state index contributed by atoms with van der Waals surface area (Å²) < 4.78 is 2.18. The first-order valence-corrected chi connectivity index (χ1v) is 13.9. The van der Waals surface area contributed by atoms with E-state index in [4.69, 9.17) is 0 Å². The summed E-state index contributed by atoms with van der Waals surface area (Å²) in [5, 5.41) is 0. The Morgan fingerprint density at radius 3 is 1.31 bits per heavy atom. The molecular formula is C38H40N+. The van der Waals surface area contributed by atoms with E-state index in [-0.39, 0.29) is 10.8 Å². The standard InChI is InChI=1S/C38H40N/c1-37(2,3)34-18-14-27(15-19-34)31-24-32(28-16-20-35(21-17-28)38(4,5)6)26-33(25-31)29-11-10-12-30(23-29)36-13-8-9-22-39(36)7/h8-26H,1-7H3/q+1. The van der Waals surface area contributed by atoms with Gasteiger partial charge in [-0.3, -0.25) is 0 Å². The van der Waals surface area contributed by atoms with Gasteiger partial charge in [0.2, 0.25) is 5.69 Å². The molecular weight excluding hydrogens is 470 g/mol. The molecule has 5 rings (SSSR count). The van der Waals surface area contributed by atoms with E-state index in [1.807, 2.05) is 0 Å². The lowest BCUT2D eigenvalue weighted by Crippen LogP contribution is -2.29. The molecule has 0 aliphatic heterocycles. The maximum absolute atomic E-state index is 2.34. The van der Waals surface area contributed by atoms with Gasteiger partial charge >= 0.3 is 0 Å². The first-order chi connectivity index (χ1) is 18.5. The summed E-state index contributed by atoms with van der Waals surface area (Å²) in [7, 11) is 2.10. The third kappa shape index (κ3) is 5.88. The van der Waals surface area contributed by atoms with Gasteiger partial charge in [-0.25, -0.2) is 4.57 Å². The van der Waals surface area contributed by atoms with E-state index in [1.165, 1.54) is 55.8 Å². The third-order valence-electron chi connectivity index (χ3n) is 7.65. The molecule has 0 atom stereocenters. The molecule has 0 saturated heterocycles. The second kappa shape index (κ2) is 10.3. The maximum Gasteiger partial charge on any atom is 0.212 e. The number of nitrogens with zero attached hydrogens (tertiary/aromatic N) is 1. The highest BCUT2D eigenvalue weighted by atomic mass is 14.9. The van der Waals surface area contributed by atoms with Crippen LogP contribution in [0.2, 0.25) is 0 Å². The fraction of sp³-hybridized carbons (Fsp3) is 0.237. The average Bonchev–Trinajstić information content (AvgIpc) is 2.92. The summed E-state index contributed by atoms with van der Waals surface area (Å²) >= 11 is 0. The first-order valence-electron chi connectivity index (χ1n) is 13.9. The topological polar surface area (TPSA) is 3.88 Å². The van der Waals surface area contributed by atoms with E-state index < -0.39 is 0 Å². The number of hydrogen-bond acceptors (Lipinski definition) is 0. The minimum absolute atomic E-state index is 0.133. The molecule has 0 fully saturated rings. The van der Waals surface area contributed by atoms with Gasteiger partial charge in [-0.1, -0.05) is 102 Å². The van der Waals surface area contributed by atoms with Crippen LogP contribution in [0.3, 0.4) is 0 Å². The van der Waals surface area contributed by atoms with E-state index >= 15 is 0 Å².